The summed E-state index contributed by atoms with van der Waals surface area (Å²) in [5.74, 6) is -0.954. The first-order valence-corrected chi connectivity index (χ1v) is 5.27. The van der Waals surface area contributed by atoms with Crippen molar-refractivity contribution in [3.8, 4) is 0 Å². The lowest BCUT2D eigenvalue weighted by molar-refractivity contribution is 0.0690. The third kappa shape index (κ3) is 1.76. The number of aromatic nitrogens is 2. The molecular weight excluding hydrogens is 192 g/mol. The van der Waals surface area contributed by atoms with Gasteiger partial charge in [0.1, 0.15) is 0 Å². The van der Waals surface area contributed by atoms with Crippen molar-refractivity contribution < 1.29 is 9.90 Å². The summed E-state index contributed by atoms with van der Waals surface area (Å²) in [4.78, 5) is 14.6. The molecule has 0 aromatic carbocycles. The van der Waals surface area contributed by atoms with E-state index in [1.807, 2.05) is 4.57 Å². The van der Waals surface area contributed by atoms with Crippen molar-refractivity contribution in [1.29, 1.82) is 0 Å². The van der Waals surface area contributed by atoms with E-state index in [2.05, 4.69) is 18.8 Å². The predicted molar refractivity (Wildman–Crippen MR) is 55.9 cm³/mol. The van der Waals surface area contributed by atoms with Crippen LogP contribution in [0.5, 0.6) is 0 Å². The third-order valence-electron chi connectivity index (χ3n) is 3.38. The van der Waals surface area contributed by atoms with Gasteiger partial charge < -0.3 is 9.67 Å². The van der Waals surface area contributed by atoms with Crippen LogP contribution in [0.1, 0.15) is 49.6 Å². The number of hydrogen-bond acceptors (Lipinski definition) is 2. The van der Waals surface area contributed by atoms with Gasteiger partial charge in [0, 0.05) is 12.2 Å². The number of rotatable bonds is 2. The number of imidazole rings is 1. The van der Waals surface area contributed by atoms with Gasteiger partial charge in [-0.05, 0) is 18.3 Å². The summed E-state index contributed by atoms with van der Waals surface area (Å²) in [7, 11) is 0. The van der Waals surface area contributed by atoms with Gasteiger partial charge >= 0.3 is 5.97 Å². The predicted octanol–water partition coefficient (Wildman–Crippen LogP) is 2.33. The zero-order valence-corrected chi connectivity index (χ0v) is 9.10. The molecule has 1 aliphatic carbocycles. The second-order valence-electron chi connectivity index (χ2n) is 4.91. The fraction of sp³-hybridized carbons (Fsp3) is 0.636. The summed E-state index contributed by atoms with van der Waals surface area (Å²) in [5.41, 5.74) is 0.383. The van der Waals surface area contributed by atoms with Crippen molar-refractivity contribution in [3.63, 3.8) is 0 Å². The molecule has 0 bridgehead atoms. The van der Waals surface area contributed by atoms with Crippen LogP contribution in [-0.2, 0) is 0 Å². The summed E-state index contributed by atoms with van der Waals surface area (Å²) in [5, 5.41) is 8.80. The van der Waals surface area contributed by atoms with Gasteiger partial charge in [-0.1, -0.05) is 20.3 Å². The molecule has 0 saturated heterocycles. The molecule has 1 aliphatic rings. The summed E-state index contributed by atoms with van der Waals surface area (Å²) in [6.45, 7) is 4.45. The molecule has 0 radical (unpaired) electrons. The van der Waals surface area contributed by atoms with Crippen molar-refractivity contribution in [2.45, 2.75) is 39.2 Å². The van der Waals surface area contributed by atoms with E-state index >= 15 is 0 Å². The Morgan fingerprint density at radius 1 is 1.67 bits per heavy atom. The molecular formula is C11H16N2O2. The Labute approximate surface area is 88.9 Å². The lowest BCUT2D eigenvalue weighted by atomic mass is 9.87. The monoisotopic (exact) mass is 208 g/mol. The lowest BCUT2D eigenvalue weighted by Gasteiger charge is -2.27. The van der Waals surface area contributed by atoms with Crippen molar-refractivity contribution in [1.82, 2.24) is 9.55 Å². The summed E-state index contributed by atoms with van der Waals surface area (Å²) < 4.78 is 1.95. The number of aromatic carboxylic acids is 1. The van der Waals surface area contributed by atoms with Gasteiger partial charge in [0.05, 0.1) is 6.33 Å². The van der Waals surface area contributed by atoms with Gasteiger partial charge in [0.25, 0.3) is 0 Å². The van der Waals surface area contributed by atoms with Crippen LogP contribution in [-0.4, -0.2) is 20.6 Å². The van der Waals surface area contributed by atoms with Gasteiger partial charge in [-0.2, -0.15) is 0 Å². The van der Waals surface area contributed by atoms with Crippen LogP contribution in [0.25, 0.3) is 0 Å². The fourth-order valence-electron chi connectivity index (χ4n) is 2.48. The van der Waals surface area contributed by atoms with Crippen LogP contribution in [0.4, 0.5) is 0 Å². The molecule has 0 aliphatic heterocycles. The number of carbonyl (C=O) groups is 1. The Morgan fingerprint density at radius 3 is 2.87 bits per heavy atom. The molecule has 1 fully saturated rings. The number of hydrogen-bond donors (Lipinski definition) is 1. The lowest BCUT2D eigenvalue weighted by Crippen LogP contribution is -2.20. The standard InChI is InChI=1S/C11H16N2O2/c1-11(2)5-3-4-9(11)13-6-8(10(14)15)12-7-13/h6-7,9H,3-5H2,1-2H3,(H,14,15). The molecule has 1 aromatic rings. The Hall–Kier alpha value is -1.32. The average Bonchev–Trinajstić information content (AvgIpc) is 2.69. The van der Waals surface area contributed by atoms with E-state index in [0.29, 0.717) is 6.04 Å². The van der Waals surface area contributed by atoms with Crippen LogP contribution < -0.4 is 0 Å². The first kappa shape index (κ1) is 10.2. The van der Waals surface area contributed by atoms with Crippen LogP contribution in [0, 0.1) is 5.41 Å². The maximum absolute atomic E-state index is 10.7. The highest BCUT2D eigenvalue weighted by Crippen LogP contribution is 2.45. The molecule has 1 aromatic heterocycles. The fourth-order valence-corrected chi connectivity index (χ4v) is 2.48. The van der Waals surface area contributed by atoms with E-state index in [-0.39, 0.29) is 11.1 Å². The molecule has 1 unspecified atom stereocenters. The molecule has 82 valence electrons. The Morgan fingerprint density at radius 2 is 2.40 bits per heavy atom. The van der Waals surface area contributed by atoms with Crippen LogP contribution >= 0.6 is 0 Å². The van der Waals surface area contributed by atoms with Crippen molar-refractivity contribution in [2.75, 3.05) is 0 Å². The topological polar surface area (TPSA) is 55.1 Å². The highest BCUT2D eigenvalue weighted by molar-refractivity contribution is 5.84. The molecule has 1 N–H and O–H groups in total. The maximum atomic E-state index is 10.7. The van der Waals surface area contributed by atoms with Crippen molar-refractivity contribution >= 4 is 5.97 Å². The van der Waals surface area contributed by atoms with Gasteiger partial charge in [0.15, 0.2) is 5.69 Å². The van der Waals surface area contributed by atoms with Crippen molar-refractivity contribution in [2.24, 2.45) is 5.41 Å². The third-order valence-corrected chi connectivity index (χ3v) is 3.38. The quantitative estimate of drug-likeness (QED) is 0.811. The van der Waals surface area contributed by atoms with Crippen LogP contribution in [0.2, 0.25) is 0 Å². The minimum absolute atomic E-state index is 0.137. The molecule has 2 rings (SSSR count). The number of carboxylic acid groups (broad SMARTS) is 1. The highest BCUT2D eigenvalue weighted by atomic mass is 16.4. The molecule has 0 amide bonds. The Balaban J connectivity index is 2.26. The van der Waals surface area contributed by atoms with E-state index in [1.165, 1.54) is 12.8 Å². The second kappa shape index (κ2) is 3.36. The average molecular weight is 208 g/mol. The van der Waals surface area contributed by atoms with E-state index in [9.17, 15) is 4.79 Å². The van der Waals surface area contributed by atoms with Crippen LogP contribution in [0.3, 0.4) is 0 Å². The van der Waals surface area contributed by atoms with Gasteiger partial charge in [-0.3, -0.25) is 0 Å². The van der Waals surface area contributed by atoms with Gasteiger partial charge in [-0.25, -0.2) is 9.78 Å². The Bertz CT molecular complexity index is 382. The molecule has 4 heteroatoms. The van der Waals surface area contributed by atoms with E-state index in [0.717, 1.165) is 6.42 Å². The number of carboxylic acids is 1. The molecule has 0 spiro atoms. The van der Waals surface area contributed by atoms with Gasteiger partial charge in [0.2, 0.25) is 0 Å². The van der Waals surface area contributed by atoms with E-state index < -0.39 is 5.97 Å². The molecule has 15 heavy (non-hydrogen) atoms. The Kier molecular flexibility index (Phi) is 2.29. The van der Waals surface area contributed by atoms with Crippen molar-refractivity contribution in [3.05, 3.63) is 18.2 Å². The maximum Gasteiger partial charge on any atom is 0.356 e. The van der Waals surface area contributed by atoms with E-state index in [4.69, 9.17) is 5.11 Å². The SMILES string of the molecule is CC1(C)CCCC1n1cnc(C(=O)O)c1. The summed E-state index contributed by atoms with van der Waals surface area (Å²) in [6, 6.07) is 0.387. The largest absolute Gasteiger partial charge is 0.476 e. The van der Waals surface area contributed by atoms with Gasteiger partial charge in [-0.15, -0.1) is 0 Å². The second-order valence-corrected chi connectivity index (χ2v) is 4.91. The van der Waals surface area contributed by atoms with E-state index in [1.54, 1.807) is 12.5 Å². The first-order chi connectivity index (χ1) is 7.00. The van der Waals surface area contributed by atoms with Crippen LogP contribution in [0.15, 0.2) is 12.5 Å². The molecule has 4 nitrogen and oxygen atoms in total. The molecule has 1 atom stereocenters. The zero-order valence-electron chi connectivity index (χ0n) is 9.10. The minimum Gasteiger partial charge on any atom is -0.476 e. The number of nitrogens with zero attached hydrogens (tertiary/aromatic N) is 2. The smallest absolute Gasteiger partial charge is 0.356 e. The highest BCUT2D eigenvalue weighted by Gasteiger charge is 2.35. The molecule has 1 saturated carbocycles. The minimum atomic E-state index is -0.954. The first-order valence-electron chi connectivity index (χ1n) is 5.27. The molecule has 1 heterocycles. The normalized spacial score (nSPS) is 24.3. The summed E-state index contributed by atoms with van der Waals surface area (Å²) in [6.07, 6.45) is 6.79. The summed E-state index contributed by atoms with van der Waals surface area (Å²) >= 11 is 0. The zero-order chi connectivity index (χ0) is 11.1.